The highest BCUT2D eigenvalue weighted by Crippen LogP contribution is 2.13. The van der Waals surface area contributed by atoms with Gasteiger partial charge in [-0.2, -0.15) is 0 Å². The van der Waals surface area contributed by atoms with Crippen LogP contribution < -0.4 is 0 Å². The fourth-order valence-electron chi connectivity index (χ4n) is 5.81. The maximum absolute atomic E-state index is 12.3. The Labute approximate surface area is 339 Å². The van der Waals surface area contributed by atoms with Gasteiger partial charge in [0.05, 0.1) is 45.2 Å². The van der Waals surface area contributed by atoms with Crippen molar-refractivity contribution in [3.63, 3.8) is 0 Å². The van der Waals surface area contributed by atoms with Gasteiger partial charge in [-0.05, 0) is 80.3 Å². The van der Waals surface area contributed by atoms with Crippen molar-refractivity contribution in [2.24, 2.45) is 0 Å². The van der Waals surface area contributed by atoms with E-state index in [0.29, 0.717) is 51.7 Å². The lowest BCUT2D eigenvalue weighted by Gasteiger charge is -2.11. The largest absolute Gasteiger partial charge is 0.481 e. The molecule has 0 bridgehead atoms. The minimum absolute atomic E-state index is 0.0314. The molecule has 1 unspecified atom stereocenters. The average molecular weight is 793 g/mol. The van der Waals surface area contributed by atoms with Gasteiger partial charge >= 0.3 is 29.8 Å². The molecule has 0 amide bonds. The number of unbranched alkanes of at least 4 members (excludes halogenated alkanes) is 13. The smallest absolute Gasteiger partial charge is 0.310 e. The van der Waals surface area contributed by atoms with Gasteiger partial charge in [0.25, 0.3) is 0 Å². The second-order valence-corrected chi connectivity index (χ2v) is 14.4. The quantitative estimate of drug-likeness (QED) is 0.0326. The van der Waals surface area contributed by atoms with Crippen LogP contribution in [0.4, 0.5) is 0 Å². The molecule has 2 aromatic carbocycles. The Balaban J connectivity index is 1.54. The first-order chi connectivity index (χ1) is 27.6. The normalized spacial score (nSPS) is 11.2. The molecular weight excluding hydrogens is 728 g/mol. The van der Waals surface area contributed by atoms with E-state index in [1.165, 1.54) is 44.9 Å². The molecule has 0 aromatic heterocycles. The molecule has 2 aromatic rings. The molecule has 314 valence electrons. The lowest BCUT2D eigenvalue weighted by Crippen LogP contribution is -2.20. The Morgan fingerprint density at radius 3 is 1.46 bits per heavy atom. The number of hydrogen-bond acceptors (Lipinski definition) is 10. The van der Waals surface area contributed by atoms with Crippen molar-refractivity contribution in [1.82, 2.24) is 0 Å². The first kappa shape index (κ1) is 48.5. The number of carboxylic acid groups (broad SMARTS) is 1. The SMILES string of the molecule is CCCCCCCCCCCCOC(=O)CC(O)CC(=O)OCc1ccc(C#Cc2ccc(CC(=O)OCCCCCC(=O)OCCCCCC(=O)O)cc2)cc1. The molecule has 0 aliphatic carbocycles. The number of carbonyl (C=O) groups is 5. The van der Waals surface area contributed by atoms with Gasteiger partial charge in [-0.25, -0.2) is 0 Å². The van der Waals surface area contributed by atoms with Crippen molar-refractivity contribution in [2.75, 3.05) is 19.8 Å². The summed E-state index contributed by atoms with van der Waals surface area (Å²) < 4.78 is 21.0. The number of aliphatic hydroxyl groups is 1. The van der Waals surface area contributed by atoms with E-state index in [1.54, 1.807) is 12.1 Å². The van der Waals surface area contributed by atoms with Crippen LogP contribution in [0.25, 0.3) is 0 Å². The Morgan fingerprint density at radius 1 is 0.509 bits per heavy atom. The standard InChI is InChI=1S/C46H64O11/c1-2-3-4-5-6-7-8-9-10-15-31-56-45(52)34-41(47)35-46(53)57-36-40-28-24-38(25-29-40)21-20-37-22-26-39(27-23-37)33-44(51)55-32-17-12-14-19-43(50)54-30-16-11-13-18-42(48)49/h22-29,41,47H,2-19,30-36H2,1H3,(H,48,49). The van der Waals surface area contributed by atoms with Crippen LogP contribution in [-0.2, 0) is 55.9 Å². The van der Waals surface area contributed by atoms with E-state index in [1.807, 2.05) is 36.4 Å². The summed E-state index contributed by atoms with van der Waals surface area (Å²) in [5.41, 5.74) is 3.12. The van der Waals surface area contributed by atoms with Gasteiger partial charge in [0, 0.05) is 24.0 Å². The van der Waals surface area contributed by atoms with Crippen molar-refractivity contribution in [3.8, 4) is 11.8 Å². The van der Waals surface area contributed by atoms with E-state index in [2.05, 4.69) is 18.8 Å². The zero-order valence-corrected chi connectivity index (χ0v) is 33.9. The summed E-state index contributed by atoms with van der Waals surface area (Å²) in [6.07, 6.45) is 14.7. The van der Waals surface area contributed by atoms with Crippen molar-refractivity contribution in [1.29, 1.82) is 0 Å². The summed E-state index contributed by atoms with van der Waals surface area (Å²) in [6, 6.07) is 14.6. The van der Waals surface area contributed by atoms with Crippen LogP contribution in [0.1, 0.15) is 158 Å². The topological polar surface area (TPSA) is 163 Å². The van der Waals surface area contributed by atoms with Gasteiger partial charge in [0.1, 0.15) is 6.61 Å². The summed E-state index contributed by atoms with van der Waals surface area (Å²) >= 11 is 0. The molecule has 0 spiro atoms. The van der Waals surface area contributed by atoms with E-state index in [9.17, 15) is 29.1 Å². The predicted molar refractivity (Wildman–Crippen MR) is 217 cm³/mol. The highest BCUT2D eigenvalue weighted by molar-refractivity contribution is 5.74. The number of carboxylic acids is 1. The molecule has 0 saturated heterocycles. The van der Waals surface area contributed by atoms with E-state index in [-0.39, 0.29) is 50.8 Å². The summed E-state index contributed by atoms with van der Waals surface area (Å²) in [6.45, 7) is 3.16. The summed E-state index contributed by atoms with van der Waals surface area (Å²) in [5.74, 6) is 3.66. The minimum atomic E-state index is -1.16. The average Bonchev–Trinajstić information content (AvgIpc) is 3.18. The molecule has 0 fully saturated rings. The number of benzene rings is 2. The molecule has 2 rings (SSSR count). The Kier molecular flexibility index (Phi) is 26.7. The van der Waals surface area contributed by atoms with Gasteiger partial charge in [0.2, 0.25) is 0 Å². The summed E-state index contributed by atoms with van der Waals surface area (Å²) in [5, 5.41) is 18.8. The molecule has 0 aliphatic rings. The van der Waals surface area contributed by atoms with Gasteiger partial charge in [-0.15, -0.1) is 0 Å². The van der Waals surface area contributed by atoms with E-state index in [0.717, 1.165) is 47.9 Å². The number of esters is 4. The number of aliphatic hydroxyl groups excluding tert-OH is 1. The highest BCUT2D eigenvalue weighted by atomic mass is 16.5. The molecule has 11 heteroatoms. The van der Waals surface area contributed by atoms with Crippen LogP contribution in [0.3, 0.4) is 0 Å². The molecule has 57 heavy (non-hydrogen) atoms. The molecule has 1 atom stereocenters. The number of ether oxygens (including phenoxy) is 4. The Bertz CT molecular complexity index is 1510. The maximum atomic E-state index is 12.3. The molecule has 0 aliphatic heterocycles. The van der Waals surface area contributed by atoms with E-state index < -0.39 is 24.0 Å². The molecular formula is C46H64O11. The fourth-order valence-corrected chi connectivity index (χ4v) is 5.81. The number of rotatable bonds is 31. The van der Waals surface area contributed by atoms with Crippen molar-refractivity contribution >= 4 is 29.8 Å². The molecule has 0 saturated carbocycles. The predicted octanol–water partition coefficient (Wildman–Crippen LogP) is 8.57. The van der Waals surface area contributed by atoms with Crippen LogP contribution in [0.2, 0.25) is 0 Å². The first-order valence-corrected chi connectivity index (χ1v) is 20.9. The lowest BCUT2D eigenvalue weighted by molar-refractivity contribution is -0.150. The first-order valence-electron chi connectivity index (χ1n) is 20.9. The Morgan fingerprint density at radius 2 is 0.930 bits per heavy atom. The number of aliphatic carboxylic acids is 1. The van der Waals surface area contributed by atoms with Crippen LogP contribution >= 0.6 is 0 Å². The lowest BCUT2D eigenvalue weighted by atomic mass is 10.1. The molecule has 11 nitrogen and oxygen atoms in total. The van der Waals surface area contributed by atoms with Gasteiger partial charge in [-0.3, -0.25) is 24.0 Å². The van der Waals surface area contributed by atoms with Crippen molar-refractivity contribution in [2.45, 2.75) is 154 Å². The number of hydrogen-bond donors (Lipinski definition) is 2. The molecule has 0 heterocycles. The minimum Gasteiger partial charge on any atom is -0.481 e. The van der Waals surface area contributed by atoms with Crippen LogP contribution in [-0.4, -0.2) is 66.0 Å². The van der Waals surface area contributed by atoms with Crippen LogP contribution in [0.15, 0.2) is 48.5 Å². The van der Waals surface area contributed by atoms with Crippen LogP contribution in [0, 0.1) is 11.8 Å². The van der Waals surface area contributed by atoms with Crippen LogP contribution in [0.5, 0.6) is 0 Å². The summed E-state index contributed by atoms with van der Waals surface area (Å²) in [7, 11) is 0. The zero-order chi connectivity index (χ0) is 41.4. The molecule has 2 N–H and O–H groups in total. The van der Waals surface area contributed by atoms with Gasteiger partial charge < -0.3 is 29.2 Å². The maximum Gasteiger partial charge on any atom is 0.310 e. The highest BCUT2D eigenvalue weighted by Gasteiger charge is 2.17. The fraction of sp³-hybridized carbons (Fsp3) is 0.587. The van der Waals surface area contributed by atoms with Crippen molar-refractivity contribution in [3.05, 3.63) is 70.8 Å². The van der Waals surface area contributed by atoms with Gasteiger partial charge in [-0.1, -0.05) is 101 Å². The third kappa shape index (κ3) is 26.7. The monoisotopic (exact) mass is 792 g/mol. The van der Waals surface area contributed by atoms with E-state index in [4.69, 9.17) is 24.1 Å². The second kappa shape index (κ2) is 31.4. The van der Waals surface area contributed by atoms with Gasteiger partial charge in [0.15, 0.2) is 0 Å². The van der Waals surface area contributed by atoms with Crippen molar-refractivity contribution < 1.29 is 53.1 Å². The molecule has 0 radical (unpaired) electrons. The second-order valence-electron chi connectivity index (χ2n) is 14.4. The van der Waals surface area contributed by atoms with E-state index >= 15 is 0 Å². The third-order valence-electron chi connectivity index (χ3n) is 9.16. The number of carbonyl (C=O) groups excluding carboxylic acids is 4. The Hall–Kier alpha value is -4.69. The zero-order valence-electron chi connectivity index (χ0n) is 33.9. The third-order valence-corrected chi connectivity index (χ3v) is 9.16. The summed E-state index contributed by atoms with van der Waals surface area (Å²) in [4.78, 5) is 58.8.